The van der Waals surface area contributed by atoms with Gasteiger partial charge in [0.15, 0.2) is 0 Å². The molecule has 1 N–H and O–H groups in total. The van der Waals surface area contributed by atoms with E-state index in [-0.39, 0.29) is 23.3 Å². The molecule has 7 heteroatoms. The van der Waals surface area contributed by atoms with Crippen LogP contribution in [0.5, 0.6) is 5.75 Å². The van der Waals surface area contributed by atoms with Gasteiger partial charge in [0, 0.05) is 50.3 Å². The van der Waals surface area contributed by atoms with Crippen LogP contribution in [0, 0.1) is 0 Å². The number of ether oxygens (including phenoxy) is 1. The third-order valence-corrected chi connectivity index (χ3v) is 4.33. The van der Waals surface area contributed by atoms with Gasteiger partial charge >= 0.3 is 6.09 Å². The monoisotopic (exact) mass is 343 g/mol. The van der Waals surface area contributed by atoms with Crippen molar-refractivity contribution in [2.75, 3.05) is 33.3 Å². The summed E-state index contributed by atoms with van der Waals surface area (Å²) in [6.07, 6.45) is 4.02. The van der Waals surface area contributed by atoms with Gasteiger partial charge in [-0.2, -0.15) is 0 Å². The minimum absolute atomic E-state index is 0.0507. The molecule has 1 aliphatic rings. The van der Waals surface area contributed by atoms with Crippen molar-refractivity contribution in [3.63, 3.8) is 0 Å². The summed E-state index contributed by atoms with van der Waals surface area (Å²) in [7, 11) is 1.35. The molecule has 0 aliphatic carbocycles. The predicted molar refractivity (Wildman–Crippen MR) is 91.9 cm³/mol. The summed E-state index contributed by atoms with van der Waals surface area (Å²) in [5.41, 5.74) is 1.05. The molecule has 1 fully saturated rings. The minimum atomic E-state index is -0.381. The molecule has 0 spiro atoms. The smallest absolute Gasteiger partial charge is 0.409 e. The van der Waals surface area contributed by atoms with E-state index < -0.39 is 0 Å². The lowest BCUT2D eigenvalue weighted by molar-refractivity contribution is 0.0754. The normalized spacial score (nSPS) is 14.9. The van der Waals surface area contributed by atoms with Gasteiger partial charge in [-0.1, -0.05) is 0 Å². The number of aromatic nitrogens is 1. The average Bonchev–Trinajstić information content (AvgIpc) is 3.05. The van der Waals surface area contributed by atoms with Gasteiger partial charge in [-0.05, 0) is 30.7 Å². The van der Waals surface area contributed by atoms with Crippen LogP contribution in [0.15, 0.2) is 42.7 Å². The van der Waals surface area contributed by atoms with Crippen LogP contribution < -0.4 is 0 Å². The van der Waals surface area contributed by atoms with Crippen LogP contribution in [0.4, 0.5) is 4.79 Å². The second kappa shape index (κ2) is 7.29. The standard InChI is InChI=1S/C18H21N3O4/c1-25-18(24)21-10-4-9-20(11-12-21)17(23)15-6-5-14(13-16(15)22)19-7-2-3-8-19/h2-3,5-8,13,22H,4,9-12H2,1H3. The Morgan fingerprint density at radius 2 is 1.72 bits per heavy atom. The maximum Gasteiger partial charge on any atom is 0.409 e. The number of phenols is 1. The number of carbonyl (C=O) groups is 2. The summed E-state index contributed by atoms with van der Waals surface area (Å²) >= 11 is 0. The topological polar surface area (TPSA) is 75.0 Å². The molecule has 0 unspecified atom stereocenters. The fourth-order valence-corrected chi connectivity index (χ4v) is 2.97. The molecule has 0 saturated carbocycles. The van der Waals surface area contributed by atoms with Crippen molar-refractivity contribution in [1.82, 2.24) is 14.4 Å². The second-order valence-electron chi connectivity index (χ2n) is 5.89. The molecule has 2 aromatic rings. The Kier molecular flexibility index (Phi) is 4.92. The Morgan fingerprint density at radius 1 is 1.04 bits per heavy atom. The Morgan fingerprint density at radius 3 is 2.40 bits per heavy atom. The zero-order chi connectivity index (χ0) is 17.8. The van der Waals surface area contributed by atoms with Gasteiger partial charge in [-0.3, -0.25) is 4.79 Å². The third kappa shape index (κ3) is 3.60. The summed E-state index contributed by atoms with van der Waals surface area (Å²) in [5, 5.41) is 10.3. The van der Waals surface area contributed by atoms with Gasteiger partial charge in [0.25, 0.3) is 5.91 Å². The van der Waals surface area contributed by atoms with Crippen molar-refractivity contribution in [3.05, 3.63) is 48.3 Å². The van der Waals surface area contributed by atoms with Crippen molar-refractivity contribution in [3.8, 4) is 11.4 Å². The number of rotatable bonds is 2. The molecule has 25 heavy (non-hydrogen) atoms. The summed E-state index contributed by atoms with van der Waals surface area (Å²) < 4.78 is 6.59. The molecule has 0 radical (unpaired) electrons. The molecule has 3 rings (SSSR count). The number of methoxy groups -OCH3 is 1. The Bertz CT molecular complexity index is 758. The number of phenolic OH excluding ortho intramolecular Hbond substituents is 1. The number of amides is 2. The van der Waals surface area contributed by atoms with Crippen LogP contribution in [-0.4, -0.2) is 64.8 Å². The number of benzene rings is 1. The first-order valence-electron chi connectivity index (χ1n) is 8.18. The number of aromatic hydroxyl groups is 1. The summed E-state index contributed by atoms with van der Waals surface area (Å²) in [6.45, 7) is 1.91. The van der Waals surface area contributed by atoms with Crippen molar-refractivity contribution < 1.29 is 19.4 Å². The van der Waals surface area contributed by atoms with E-state index in [1.165, 1.54) is 7.11 Å². The lowest BCUT2D eigenvalue weighted by atomic mass is 10.1. The van der Waals surface area contributed by atoms with Crippen molar-refractivity contribution in [1.29, 1.82) is 0 Å². The quantitative estimate of drug-likeness (QED) is 0.906. The molecule has 1 saturated heterocycles. The first kappa shape index (κ1) is 16.9. The molecule has 132 valence electrons. The van der Waals surface area contributed by atoms with Crippen LogP contribution in [0.3, 0.4) is 0 Å². The van der Waals surface area contributed by atoms with Gasteiger partial charge in [0.2, 0.25) is 0 Å². The van der Waals surface area contributed by atoms with Gasteiger partial charge in [-0.15, -0.1) is 0 Å². The van der Waals surface area contributed by atoms with Gasteiger partial charge in [-0.25, -0.2) is 4.79 Å². The number of hydrogen-bond acceptors (Lipinski definition) is 4. The molecular formula is C18H21N3O4. The minimum Gasteiger partial charge on any atom is -0.507 e. The average molecular weight is 343 g/mol. The largest absolute Gasteiger partial charge is 0.507 e. The highest BCUT2D eigenvalue weighted by Gasteiger charge is 2.24. The number of hydrogen-bond donors (Lipinski definition) is 1. The highest BCUT2D eigenvalue weighted by Crippen LogP contribution is 2.23. The lowest BCUT2D eigenvalue weighted by Crippen LogP contribution is -2.37. The Balaban J connectivity index is 1.73. The van der Waals surface area contributed by atoms with E-state index in [1.807, 2.05) is 29.1 Å². The van der Waals surface area contributed by atoms with Crippen LogP contribution >= 0.6 is 0 Å². The van der Waals surface area contributed by atoms with Crippen molar-refractivity contribution in [2.24, 2.45) is 0 Å². The fourth-order valence-electron chi connectivity index (χ4n) is 2.97. The highest BCUT2D eigenvalue weighted by molar-refractivity contribution is 5.97. The summed E-state index contributed by atoms with van der Waals surface area (Å²) in [4.78, 5) is 27.6. The molecule has 2 heterocycles. The Labute approximate surface area is 146 Å². The van der Waals surface area contributed by atoms with Crippen LogP contribution in [0.25, 0.3) is 5.69 Å². The molecule has 1 aliphatic heterocycles. The van der Waals surface area contributed by atoms with Crippen molar-refractivity contribution >= 4 is 12.0 Å². The van der Waals surface area contributed by atoms with Gasteiger partial charge < -0.3 is 24.2 Å². The van der Waals surface area contributed by atoms with Gasteiger partial charge in [0.1, 0.15) is 5.75 Å². The molecule has 1 aromatic carbocycles. The van der Waals surface area contributed by atoms with E-state index in [4.69, 9.17) is 4.74 Å². The first-order valence-corrected chi connectivity index (χ1v) is 8.18. The Hall–Kier alpha value is -2.96. The first-order chi connectivity index (χ1) is 12.1. The molecule has 1 aromatic heterocycles. The van der Waals surface area contributed by atoms with E-state index in [9.17, 15) is 14.7 Å². The zero-order valence-electron chi connectivity index (χ0n) is 14.1. The van der Waals surface area contributed by atoms with E-state index >= 15 is 0 Å². The predicted octanol–water partition coefficient (Wildman–Crippen LogP) is 2.10. The van der Waals surface area contributed by atoms with E-state index in [1.54, 1.807) is 28.0 Å². The fraction of sp³-hybridized carbons (Fsp3) is 0.333. The van der Waals surface area contributed by atoms with Crippen molar-refractivity contribution in [2.45, 2.75) is 6.42 Å². The molecule has 0 atom stereocenters. The highest BCUT2D eigenvalue weighted by atomic mass is 16.5. The SMILES string of the molecule is COC(=O)N1CCCN(C(=O)c2ccc(-n3cccc3)cc2O)CC1. The van der Waals surface area contributed by atoms with E-state index in [0.29, 0.717) is 32.6 Å². The molecule has 2 amide bonds. The third-order valence-electron chi connectivity index (χ3n) is 4.33. The van der Waals surface area contributed by atoms with Gasteiger partial charge in [0.05, 0.1) is 12.7 Å². The number of carbonyl (C=O) groups excluding carboxylic acids is 2. The summed E-state index contributed by atoms with van der Waals surface area (Å²) in [6, 6.07) is 8.79. The molecule has 0 bridgehead atoms. The van der Waals surface area contributed by atoms with E-state index in [2.05, 4.69) is 0 Å². The van der Waals surface area contributed by atoms with Crippen LogP contribution in [0.1, 0.15) is 16.8 Å². The van der Waals surface area contributed by atoms with Crippen LogP contribution in [-0.2, 0) is 4.74 Å². The summed E-state index contributed by atoms with van der Waals surface area (Å²) in [5.74, 6) is -0.284. The maximum absolute atomic E-state index is 12.7. The zero-order valence-corrected chi connectivity index (χ0v) is 14.1. The van der Waals surface area contributed by atoms with E-state index in [0.717, 1.165) is 5.69 Å². The molecular weight excluding hydrogens is 322 g/mol. The number of nitrogens with zero attached hydrogens (tertiary/aromatic N) is 3. The molecule has 7 nitrogen and oxygen atoms in total. The second-order valence-corrected chi connectivity index (χ2v) is 5.89. The lowest BCUT2D eigenvalue weighted by Gasteiger charge is -2.22. The maximum atomic E-state index is 12.7. The van der Waals surface area contributed by atoms with Crippen LogP contribution in [0.2, 0.25) is 0 Å².